The van der Waals surface area contributed by atoms with Crippen LogP contribution in [0.3, 0.4) is 0 Å². The van der Waals surface area contributed by atoms with Crippen LogP contribution in [0.4, 0.5) is 8.78 Å². The van der Waals surface area contributed by atoms with E-state index in [4.69, 9.17) is 0 Å². The zero-order valence-electron chi connectivity index (χ0n) is 19.1. The van der Waals surface area contributed by atoms with Crippen LogP contribution < -0.4 is 10.6 Å². The summed E-state index contributed by atoms with van der Waals surface area (Å²) in [7, 11) is 0. The van der Waals surface area contributed by atoms with Crippen molar-refractivity contribution in [2.45, 2.75) is 68.0 Å². The van der Waals surface area contributed by atoms with Crippen LogP contribution in [0.25, 0.3) is 6.08 Å². The van der Waals surface area contributed by atoms with E-state index in [-0.39, 0.29) is 23.5 Å². The standard InChI is InChI=1S/C26H30F2N4O2/c27-26(28)13-21(14-29)32(17-26)23(34)15-30-24-9-19-8-20(10-24)12-25(11-19,16-24)31-22(33)7-6-18-4-2-1-3-5-18/h1-7,19-21,30H,8-13,15-17H2,(H,31,33)/b7-6+. The molecular weight excluding hydrogens is 438 g/mol. The normalized spacial score (nSPS) is 35.4. The highest BCUT2D eigenvalue weighted by Crippen LogP contribution is 2.57. The van der Waals surface area contributed by atoms with Gasteiger partial charge in [-0.2, -0.15) is 5.26 Å². The van der Waals surface area contributed by atoms with Crippen molar-refractivity contribution in [2.75, 3.05) is 13.1 Å². The summed E-state index contributed by atoms with van der Waals surface area (Å²) in [6, 6.07) is 10.4. The Hall–Kier alpha value is -2.79. The van der Waals surface area contributed by atoms with Gasteiger partial charge in [-0.3, -0.25) is 9.59 Å². The van der Waals surface area contributed by atoms with Gasteiger partial charge in [0.15, 0.2) is 0 Å². The van der Waals surface area contributed by atoms with E-state index in [9.17, 15) is 23.6 Å². The zero-order valence-corrected chi connectivity index (χ0v) is 19.1. The minimum atomic E-state index is -3.02. The third-order valence-electron chi connectivity index (χ3n) is 8.03. The van der Waals surface area contributed by atoms with Crippen LogP contribution in [0.15, 0.2) is 36.4 Å². The second kappa shape index (κ2) is 8.46. The minimum absolute atomic E-state index is 0.0639. The number of nitrogens with zero attached hydrogens (tertiary/aromatic N) is 2. The lowest BCUT2D eigenvalue weighted by Crippen LogP contribution is -2.69. The summed E-state index contributed by atoms with van der Waals surface area (Å²) in [5, 5.41) is 15.9. The summed E-state index contributed by atoms with van der Waals surface area (Å²) in [5.41, 5.74) is 0.359. The number of hydrogen-bond donors (Lipinski definition) is 2. The number of alkyl halides is 2. The van der Waals surface area contributed by atoms with Crippen LogP contribution in [0.1, 0.15) is 50.5 Å². The first kappa shape index (κ1) is 23.0. The van der Waals surface area contributed by atoms with Crippen molar-refractivity contribution in [1.29, 1.82) is 5.26 Å². The highest BCUT2D eigenvalue weighted by atomic mass is 19.3. The SMILES string of the molecule is N#CC1CC(F)(F)CN1C(=O)CNC12CC3CC(C1)CC(NC(=O)/C=C/c1ccccc1)(C3)C2. The number of halogens is 2. The fourth-order valence-electron chi connectivity index (χ4n) is 7.21. The van der Waals surface area contributed by atoms with Crippen molar-refractivity contribution in [2.24, 2.45) is 11.8 Å². The van der Waals surface area contributed by atoms with Crippen LogP contribution in [0.5, 0.6) is 0 Å². The van der Waals surface area contributed by atoms with Gasteiger partial charge in [0.25, 0.3) is 5.92 Å². The van der Waals surface area contributed by atoms with E-state index in [1.54, 1.807) is 12.2 Å². The Morgan fingerprint density at radius 1 is 1.09 bits per heavy atom. The van der Waals surface area contributed by atoms with Crippen LogP contribution in [-0.4, -0.2) is 52.8 Å². The summed E-state index contributed by atoms with van der Waals surface area (Å²) in [5.74, 6) is -2.66. The van der Waals surface area contributed by atoms with E-state index in [0.29, 0.717) is 11.8 Å². The molecule has 1 saturated heterocycles. The molecule has 180 valence electrons. The average molecular weight is 469 g/mol. The number of benzene rings is 1. The monoisotopic (exact) mass is 468 g/mol. The molecule has 6 rings (SSSR count). The maximum absolute atomic E-state index is 13.8. The molecule has 1 aromatic carbocycles. The molecule has 3 atom stereocenters. The predicted octanol–water partition coefficient (Wildman–Crippen LogP) is 3.26. The molecule has 1 aliphatic heterocycles. The molecule has 2 N–H and O–H groups in total. The number of hydrogen-bond acceptors (Lipinski definition) is 4. The predicted molar refractivity (Wildman–Crippen MR) is 122 cm³/mol. The Morgan fingerprint density at radius 3 is 2.44 bits per heavy atom. The zero-order chi connectivity index (χ0) is 24.0. The van der Waals surface area contributed by atoms with Crippen molar-refractivity contribution in [1.82, 2.24) is 15.5 Å². The Kier molecular flexibility index (Phi) is 5.71. The summed E-state index contributed by atoms with van der Waals surface area (Å²) in [4.78, 5) is 26.6. The molecular formula is C26H30F2N4O2. The lowest BCUT2D eigenvalue weighted by molar-refractivity contribution is -0.134. The van der Waals surface area contributed by atoms with E-state index in [0.717, 1.165) is 49.0 Å². The molecule has 0 radical (unpaired) electrons. The summed E-state index contributed by atoms with van der Waals surface area (Å²) in [6.45, 7) is -0.761. The second-order valence-electron chi connectivity index (χ2n) is 10.8. The van der Waals surface area contributed by atoms with Crippen molar-refractivity contribution in [3.63, 3.8) is 0 Å². The van der Waals surface area contributed by atoms with Gasteiger partial charge in [-0.15, -0.1) is 0 Å². The number of nitriles is 1. The van der Waals surface area contributed by atoms with E-state index < -0.39 is 30.8 Å². The molecule has 4 aliphatic carbocycles. The first-order valence-corrected chi connectivity index (χ1v) is 12.1. The third-order valence-corrected chi connectivity index (χ3v) is 8.03. The largest absolute Gasteiger partial charge is 0.347 e. The Balaban J connectivity index is 1.25. The Bertz CT molecular complexity index is 1020. The average Bonchev–Trinajstić information content (AvgIpc) is 3.10. The molecule has 34 heavy (non-hydrogen) atoms. The molecule has 6 nitrogen and oxygen atoms in total. The molecule has 0 spiro atoms. The summed E-state index contributed by atoms with van der Waals surface area (Å²) >= 11 is 0. The lowest BCUT2D eigenvalue weighted by Gasteiger charge is -2.62. The van der Waals surface area contributed by atoms with Crippen LogP contribution >= 0.6 is 0 Å². The van der Waals surface area contributed by atoms with Crippen LogP contribution in [0.2, 0.25) is 0 Å². The molecule has 5 fully saturated rings. The smallest absolute Gasteiger partial charge is 0.268 e. The lowest BCUT2D eigenvalue weighted by atomic mass is 9.50. The first-order valence-electron chi connectivity index (χ1n) is 12.1. The van der Waals surface area contributed by atoms with Gasteiger partial charge in [-0.05, 0) is 62.0 Å². The van der Waals surface area contributed by atoms with Crippen LogP contribution in [0, 0.1) is 23.2 Å². The molecule has 3 unspecified atom stereocenters. The molecule has 0 aromatic heterocycles. The fraction of sp³-hybridized carbons (Fsp3) is 0.577. The molecule has 1 aromatic rings. The summed E-state index contributed by atoms with van der Waals surface area (Å²) in [6.07, 6.45) is 8.34. The van der Waals surface area contributed by atoms with Gasteiger partial charge in [0, 0.05) is 23.6 Å². The van der Waals surface area contributed by atoms with Gasteiger partial charge in [-0.25, -0.2) is 8.78 Å². The van der Waals surface area contributed by atoms with Gasteiger partial charge in [0.1, 0.15) is 6.04 Å². The number of carbonyl (C=O) groups excluding carboxylic acids is 2. The van der Waals surface area contributed by atoms with E-state index >= 15 is 0 Å². The van der Waals surface area contributed by atoms with Gasteiger partial charge >= 0.3 is 0 Å². The highest BCUT2D eigenvalue weighted by molar-refractivity contribution is 5.92. The Morgan fingerprint density at radius 2 is 1.76 bits per heavy atom. The number of rotatable bonds is 6. The van der Waals surface area contributed by atoms with Gasteiger partial charge in [0.05, 0.1) is 19.2 Å². The number of nitrogens with one attached hydrogen (secondary N) is 2. The van der Waals surface area contributed by atoms with Crippen molar-refractivity contribution in [3.05, 3.63) is 42.0 Å². The van der Waals surface area contributed by atoms with E-state index in [2.05, 4.69) is 10.6 Å². The second-order valence-corrected chi connectivity index (χ2v) is 10.8. The molecule has 8 heteroatoms. The van der Waals surface area contributed by atoms with E-state index in [1.807, 2.05) is 36.4 Å². The van der Waals surface area contributed by atoms with E-state index in [1.165, 1.54) is 0 Å². The van der Waals surface area contributed by atoms with Gasteiger partial charge < -0.3 is 15.5 Å². The summed E-state index contributed by atoms with van der Waals surface area (Å²) < 4.78 is 27.6. The maximum atomic E-state index is 13.8. The minimum Gasteiger partial charge on any atom is -0.347 e. The quantitative estimate of drug-likeness (QED) is 0.628. The topological polar surface area (TPSA) is 85.2 Å². The molecule has 4 saturated carbocycles. The number of carbonyl (C=O) groups is 2. The third kappa shape index (κ3) is 4.58. The maximum Gasteiger partial charge on any atom is 0.268 e. The van der Waals surface area contributed by atoms with Crippen LogP contribution in [-0.2, 0) is 9.59 Å². The number of amides is 2. The highest BCUT2D eigenvalue weighted by Gasteiger charge is 2.58. The van der Waals surface area contributed by atoms with Crippen molar-refractivity contribution >= 4 is 17.9 Å². The fourth-order valence-corrected chi connectivity index (χ4v) is 7.21. The van der Waals surface area contributed by atoms with Crippen molar-refractivity contribution < 1.29 is 18.4 Å². The molecule has 4 bridgehead atoms. The van der Waals surface area contributed by atoms with Gasteiger partial charge in [-0.1, -0.05) is 30.3 Å². The molecule has 2 amide bonds. The molecule has 1 heterocycles. The van der Waals surface area contributed by atoms with Gasteiger partial charge in [0.2, 0.25) is 11.8 Å². The number of likely N-dealkylation sites (tertiary alicyclic amines) is 1. The molecule has 5 aliphatic rings. The first-order chi connectivity index (χ1) is 16.2. The van der Waals surface area contributed by atoms with Crippen molar-refractivity contribution in [3.8, 4) is 6.07 Å². The Labute approximate surface area is 198 Å².